The van der Waals surface area contributed by atoms with Crippen molar-refractivity contribution in [2.24, 2.45) is 0 Å². The van der Waals surface area contributed by atoms with Crippen LogP contribution in [0, 0.1) is 0 Å². The van der Waals surface area contributed by atoms with Gasteiger partial charge in [0.1, 0.15) is 10.0 Å². The van der Waals surface area contributed by atoms with Crippen LogP contribution in [0.2, 0.25) is 4.34 Å². The number of rotatable bonds is 5. The van der Waals surface area contributed by atoms with Gasteiger partial charge < -0.3 is 5.11 Å². The number of hydrogen-bond donors (Lipinski definition) is 1. The van der Waals surface area contributed by atoms with Crippen molar-refractivity contribution in [1.29, 1.82) is 0 Å². The lowest BCUT2D eigenvalue weighted by Gasteiger charge is -2.34. The maximum Gasteiger partial charge on any atom is 0.304 e. The van der Waals surface area contributed by atoms with E-state index < -0.39 is 5.97 Å². The van der Waals surface area contributed by atoms with Gasteiger partial charge in [0.2, 0.25) is 0 Å². The summed E-state index contributed by atoms with van der Waals surface area (Å²) in [5.74, 6) is -0.804. The van der Waals surface area contributed by atoms with Crippen molar-refractivity contribution in [2.45, 2.75) is 39.3 Å². The number of aromatic nitrogens is 2. The summed E-state index contributed by atoms with van der Waals surface area (Å²) in [5.41, 5.74) is 0.569. The highest BCUT2D eigenvalue weighted by Crippen LogP contribution is 2.23. The predicted octanol–water partition coefficient (Wildman–Crippen LogP) is 2.27. The minimum absolute atomic E-state index is 0.104. The molecule has 1 aromatic heterocycles. The van der Waals surface area contributed by atoms with Crippen LogP contribution in [0.15, 0.2) is 0 Å². The number of aliphatic carboxylic acids is 1. The fourth-order valence-corrected chi connectivity index (χ4v) is 1.97. The molecule has 0 saturated heterocycles. The van der Waals surface area contributed by atoms with E-state index in [0.717, 1.165) is 11.5 Å². The predicted molar refractivity (Wildman–Crippen MR) is 67.3 cm³/mol. The summed E-state index contributed by atoms with van der Waals surface area (Å²) in [6.07, 6.45) is 0.104. The Hall–Kier alpha value is -0.720. The van der Waals surface area contributed by atoms with Gasteiger partial charge in [-0.15, -0.1) is 5.10 Å². The molecule has 1 N–H and O–H groups in total. The number of carboxylic acid groups (broad SMARTS) is 1. The third-order valence-electron chi connectivity index (χ3n) is 2.39. The molecule has 0 fully saturated rings. The molecule has 0 aliphatic rings. The van der Waals surface area contributed by atoms with Crippen LogP contribution in [0.1, 0.15) is 32.9 Å². The van der Waals surface area contributed by atoms with Gasteiger partial charge in [-0.3, -0.25) is 9.69 Å². The van der Waals surface area contributed by atoms with E-state index in [0.29, 0.717) is 23.1 Å². The number of carboxylic acids is 1. The number of nitrogens with zero attached hydrogens (tertiary/aromatic N) is 3. The van der Waals surface area contributed by atoms with Gasteiger partial charge in [-0.05, 0) is 20.8 Å². The van der Waals surface area contributed by atoms with Gasteiger partial charge in [0.05, 0.1) is 6.42 Å². The Morgan fingerprint density at radius 2 is 2.18 bits per heavy atom. The Morgan fingerprint density at radius 3 is 2.59 bits per heavy atom. The zero-order chi connectivity index (χ0) is 13.1. The average Bonchev–Trinajstić information content (AvgIpc) is 2.56. The van der Waals surface area contributed by atoms with E-state index in [2.05, 4.69) is 9.59 Å². The largest absolute Gasteiger partial charge is 0.481 e. The van der Waals surface area contributed by atoms with Gasteiger partial charge in [-0.1, -0.05) is 16.1 Å². The molecule has 0 aromatic carbocycles. The molecular formula is C10H16ClN3O2S. The lowest BCUT2D eigenvalue weighted by molar-refractivity contribution is -0.137. The summed E-state index contributed by atoms with van der Waals surface area (Å²) in [5, 5.41) is 12.7. The van der Waals surface area contributed by atoms with Gasteiger partial charge in [0, 0.05) is 30.2 Å². The highest BCUT2D eigenvalue weighted by Gasteiger charge is 2.23. The van der Waals surface area contributed by atoms with Crippen LogP contribution in [0.25, 0.3) is 0 Å². The van der Waals surface area contributed by atoms with E-state index in [1.165, 1.54) is 0 Å². The van der Waals surface area contributed by atoms with Crippen molar-refractivity contribution in [3.8, 4) is 0 Å². The maximum atomic E-state index is 10.6. The molecule has 0 bridgehead atoms. The van der Waals surface area contributed by atoms with Crippen LogP contribution in [-0.2, 0) is 11.3 Å². The first-order chi connectivity index (χ1) is 7.80. The van der Waals surface area contributed by atoms with Gasteiger partial charge in [-0.25, -0.2) is 0 Å². The molecule has 0 atom stereocenters. The van der Waals surface area contributed by atoms with Crippen molar-refractivity contribution in [3.63, 3.8) is 0 Å². The molecule has 0 aliphatic carbocycles. The SMILES string of the molecule is CC(C)(C)N(CCC(=O)O)Cc1nnsc1Cl. The summed E-state index contributed by atoms with van der Waals surface area (Å²) >= 11 is 7.09. The maximum absolute atomic E-state index is 10.6. The molecule has 0 radical (unpaired) electrons. The quantitative estimate of drug-likeness (QED) is 0.894. The molecule has 5 nitrogen and oxygen atoms in total. The fourth-order valence-electron chi connectivity index (χ4n) is 1.35. The summed E-state index contributed by atoms with van der Waals surface area (Å²) in [6.45, 7) is 7.08. The van der Waals surface area contributed by atoms with Gasteiger partial charge >= 0.3 is 5.97 Å². The molecule has 0 unspecified atom stereocenters. The molecule has 96 valence electrons. The second-order valence-electron chi connectivity index (χ2n) is 4.73. The second-order valence-corrected chi connectivity index (χ2v) is 6.09. The molecule has 0 amide bonds. The summed E-state index contributed by atoms with van der Waals surface area (Å²) in [7, 11) is 0. The van der Waals surface area contributed by atoms with E-state index in [-0.39, 0.29) is 12.0 Å². The average molecular weight is 278 g/mol. The number of carbonyl (C=O) groups is 1. The topological polar surface area (TPSA) is 66.3 Å². The fraction of sp³-hybridized carbons (Fsp3) is 0.700. The molecule has 1 aromatic rings. The Morgan fingerprint density at radius 1 is 1.53 bits per heavy atom. The minimum atomic E-state index is -0.804. The molecule has 0 saturated carbocycles. The van der Waals surface area contributed by atoms with Crippen molar-refractivity contribution in [1.82, 2.24) is 14.5 Å². The van der Waals surface area contributed by atoms with Crippen LogP contribution < -0.4 is 0 Å². The molecular weight excluding hydrogens is 262 g/mol. The Labute approximate surface area is 110 Å². The Balaban J connectivity index is 2.71. The third-order valence-corrected chi connectivity index (χ3v) is 3.38. The Kier molecular flexibility index (Phi) is 4.85. The third kappa shape index (κ3) is 4.57. The molecule has 0 spiro atoms. The van der Waals surface area contributed by atoms with Crippen LogP contribution >= 0.6 is 23.1 Å². The zero-order valence-electron chi connectivity index (χ0n) is 10.1. The first-order valence-electron chi connectivity index (χ1n) is 5.24. The smallest absolute Gasteiger partial charge is 0.304 e. The molecule has 0 aliphatic heterocycles. The van der Waals surface area contributed by atoms with E-state index in [1.54, 1.807) is 0 Å². The normalized spacial score (nSPS) is 12.1. The Bertz CT molecular complexity index is 389. The number of hydrogen-bond acceptors (Lipinski definition) is 5. The van der Waals surface area contributed by atoms with Gasteiger partial charge in [0.25, 0.3) is 0 Å². The van der Waals surface area contributed by atoms with Crippen molar-refractivity contribution < 1.29 is 9.90 Å². The van der Waals surface area contributed by atoms with Gasteiger partial charge in [0.15, 0.2) is 0 Å². The highest BCUT2D eigenvalue weighted by molar-refractivity contribution is 7.10. The van der Waals surface area contributed by atoms with E-state index >= 15 is 0 Å². The monoisotopic (exact) mass is 277 g/mol. The lowest BCUT2D eigenvalue weighted by Crippen LogP contribution is -2.42. The molecule has 1 rings (SSSR count). The summed E-state index contributed by atoms with van der Waals surface area (Å²) < 4.78 is 4.33. The highest BCUT2D eigenvalue weighted by atomic mass is 35.5. The van der Waals surface area contributed by atoms with E-state index in [4.69, 9.17) is 16.7 Å². The zero-order valence-corrected chi connectivity index (χ0v) is 11.7. The van der Waals surface area contributed by atoms with E-state index in [1.807, 2.05) is 25.7 Å². The molecule has 1 heterocycles. The first kappa shape index (κ1) is 14.3. The van der Waals surface area contributed by atoms with Crippen LogP contribution in [0.3, 0.4) is 0 Å². The second kappa shape index (κ2) is 5.75. The van der Waals surface area contributed by atoms with Crippen molar-refractivity contribution in [3.05, 3.63) is 10.0 Å². The van der Waals surface area contributed by atoms with Gasteiger partial charge in [-0.2, -0.15) is 0 Å². The number of halogens is 1. The van der Waals surface area contributed by atoms with Crippen LogP contribution in [0.4, 0.5) is 0 Å². The van der Waals surface area contributed by atoms with Crippen LogP contribution in [0.5, 0.6) is 0 Å². The van der Waals surface area contributed by atoms with Crippen molar-refractivity contribution in [2.75, 3.05) is 6.54 Å². The summed E-state index contributed by atoms with van der Waals surface area (Å²) in [6, 6.07) is 0. The van der Waals surface area contributed by atoms with Crippen LogP contribution in [-0.4, -0.2) is 37.6 Å². The standard InChI is InChI=1S/C10H16ClN3O2S/c1-10(2,3)14(5-4-8(15)16)6-7-9(11)17-13-12-7/h4-6H2,1-3H3,(H,15,16). The minimum Gasteiger partial charge on any atom is -0.481 e. The molecule has 7 heteroatoms. The summed E-state index contributed by atoms with van der Waals surface area (Å²) in [4.78, 5) is 12.7. The first-order valence-corrected chi connectivity index (χ1v) is 6.39. The lowest BCUT2D eigenvalue weighted by atomic mass is 10.1. The van der Waals surface area contributed by atoms with E-state index in [9.17, 15) is 4.79 Å². The molecule has 17 heavy (non-hydrogen) atoms. The van der Waals surface area contributed by atoms with Crippen molar-refractivity contribution >= 4 is 29.1 Å².